The highest BCUT2D eigenvalue weighted by Crippen LogP contribution is 2.42. The summed E-state index contributed by atoms with van der Waals surface area (Å²) >= 11 is 4.50. The number of thioether (sulfide) groups is 2. The van der Waals surface area contributed by atoms with Gasteiger partial charge in [0.2, 0.25) is 0 Å². The molecule has 1 N–H and O–H groups in total. The molecule has 1 heterocycles. The van der Waals surface area contributed by atoms with E-state index in [1.54, 1.807) is 0 Å². The third kappa shape index (κ3) is 4.81. The van der Waals surface area contributed by atoms with Crippen molar-refractivity contribution < 1.29 is 0 Å². The van der Waals surface area contributed by atoms with E-state index in [2.05, 4.69) is 56.5 Å². The van der Waals surface area contributed by atoms with Gasteiger partial charge >= 0.3 is 0 Å². The van der Waals surface area contributed by atoms with E-state index < -0.39 is 0 Å². The molecule has 1 aliphatic heterocycles. The molecular weight excluding hydrogens is 294 g/mol. The number of rotatable bonds is 6. The summed E-state index contributed by atoms with van der Waals surface area (Å²) in [5.41, 5.74) is 0. The van der Waals surface area contributed by atoms with Crippen LogP contribution in [-0.4, -0.2) is 34.6 Å². The maximum Gasteiger partial charge on any atom is 0.0322 e. The molecule has 0 amide bonds. The average molecular weight is 330 g/mol. The Balaban J connectivity index is 2.05. The van der Waals surface area contributed by atoms with Gasteiger partial charge in [-0.3, -0.25) is 0 Å². The predicted octanol–water partition coefficient (Wildman–Crippen LogP) is 5.05. The van der Waals surface area contributed by atoms with Crippen molar-refractivity contribution in [3.63, 3.8) is 0 Å². The third-order valence-electron chi connectivity index (χ3n) is 5.62. The summed E-state index contributed by atoms with van der Waals surface area (Å²) in [6, 6.07) is 0.752. The van der Waals surface area contributed by atoms with Gasteiger partial charge in [-0.05, 0) is 50.0 Å². The first kappa shape index (κ1) is 18.0. The number of hydrogen-bond donors (Lipinski definition) is 1. The van der Waals surface area contributed by atoms with Gasteiger partial charge in [-0.1, -0.05) is 34.1 Å². The van der Waals surface area contributed by atoms with Crippen LogP contribution >= 0.6 is 23.5 Å². The average Bonchev–Trinajstić information content (AvgIpc) is 2.51. The van der Waals surface area contributed by atoms with E-state index in [0.29, 0.717) is 0 Å². The first-order chi connectivity index (χ1) is 10.2. The standard InChI is InChI=1S/C18H35NS2/c1-5-9-19-17(15-8-7-13(3)14(4)12-15)18-16(6-2)20-10-11-21-18/h13-19H,5-12H2,1-4H3. The second kappa shape index (κ2) is 9.08. The Kier molecular flexibility index (Phi) is 7.78. The van der Waals surface area contributed by atoms with Crippen LogP contribution in [0.5, 0.6) is 0 Å². The fourth-order valence-electron chi connectivity index (χ4n) is 4.05. The van der Waals surface area contributed by atoms with Gasteiger partial charge in [-0.25, -0.2) is 0 Å². The molecular formula is C18H35NS2. The Morgan fingerprint density at radius 1 is 1.05 bits per heavy atom. The van der Waals surface area contributed by atoms with E-state index in [-0.39, 0.29) is 0 Å². The van der Waals surface area contributed by atoms with E-state index in [9.17, 15) is 0 Å². The zero-order valence-corrected chi connectivity index (χ0v) is 16.1. The quantitative estimate of drug-likeness (QED) is 0.732. The number of hydrogen-bond acceptors (Lipinski definition) is 3. The zero-order valence-electron chi connectivity index (χ0n) is 14.4. The number of nitrogens with one attached hydrogen (secondary N) is 1. The van der Waals surface area contributed by atoms with Crippen molar-refractivity contribution in [2.24, 2.45) is 17.8 Å². The van der Waals surface area contributed by atoms with Crippen LogP contribution in [-0.2, 0) is 0 Å². The van der Waals surface area contributed by atoms with Crippen LogP contribution in [0.4, 0.5) is 0 Å². The highest BCUT2D eigenvalue weighted by molar-refractivity contribution is 8.07. The molecule has 1 nitrogen and oxygen atoms in total. The van der Waals surface area contributed by atoms with E-state index >= 15 is 0 Å². The first-order valence-corrected chi connectivity index (χ1v) is 11.2. The molecule has 0 aromatic carbocycles. The Labute approximate surface area is 141 Å². The lowest BCUT2D eigenvalue weighted by atomic mass is 9.72. The van der Waals surface area contributed by atoms with Gasteiger partial charge in [0.15, 0.2) is 0 Å². The Morgan fingerprint density at radius 2 is 1.81 bits per heavy atom. The maximum absolute atomic E-state index is 3.97. The molecule has 124 valence electrons. The molecule has 1 saturated carbocycles. The lowest BCUT2D eigenvalue weighted by molar-refractivity contribution is 0.168. The Morgan fingerprint density at radius 3 is 2.48 bits per heavy atom. The molecule has 6 unspecified atom stereocenters. The van der Waals surface area contributed by atoms with Gasteiger partial charge in [-0.2, -0.15) is 23.5 Å². The minimum Gasteiger partial charge on any atom is -0.313 e. The van der Waals surface area contributed by atoms with E-state index in [4.69, 9.17) is 0 Å². The fourth-order valence-corrected chi connectivity index (χ4v) is 7.39. The van der Waals surface area contributed by atoms with Crippen LogP contribution in [0.2, 0.25) is 0 Å². The normalized spacial score (nSPS) is 39.1. The van der Waals surface area contributed by atoms with Crippen molar-refractivity contribution in [3.8, 4) is 0 Å². The SMILES string of the molecule is CCCNC(C1CCC(C)C(C)C1)C1SCCSC1CC. The van der Waals surface area contributed by atoms with Gasteiger partial charge in [0, 0.05) is 28.0 Å². The van der Waals surface area contributed by atoms with Crippen LogP contribution in [0.25, 0.3) is 0 Å². The summed E-state index contributed by atoms with van der Waals surface area (Å²) in [4.78, 5) is 0. The minimum atomic E-state index is 0.752. The monoisotopic (exact) mass is 329 g/mol. The third-order valence-corrected chi connectivity index (χ3v) is 9.00. The van der Waals surface area contributed by atoms with Crippen molar-refractivity contribution in [1.82, 2.24) is 5.32 Å². The molecule has 1 saturated heterocycles. The van der Waals surface area contributed by atoms with Crippen LogP contribution < -0.4 is 5.32 Å². The lowest BCUT2D eigenvalue weighted by Gasteiger charge is -2.44. The van der Waals surface area contributed by atoms with Gasteiger partial charge in [-0.15, -0.1) is 0 Å². The second-order valence-corrected chi connectivity index (χ2v) is 9.79. The van der Waals surface area contributed by atoms with Gasteiger partial charge < -0.3 is 5.32 Å². The Bertz CT molecular complexity index is 297. The first-order valence-electron chi connectivity index (χ1n) is 9.13. The minimum absolute atomic E-state index is 0.752. The highest BCUT2D eigenvalue weighted by Gasteiger charge is 2.38. The smallest absolute Gasteiger partial charge is 0.0322 e. The Hall–Kier alpha value is 0.660. The van der Waals surface area contributed by atoms with E-state index in [1.165, 1.54) is 50.2 Å². The maximum atomic E-state index is 3.97. The van der Waals surface area contributed by atoms with Gasteiger partial charge in [0.1, 0.15) is 0 Å². The van der Waals surface area contributed by atoms with Gasteiger partial charge in [0.25, 0.3) is 0 Å². The van der Waals surface area contributed by atoms with Crippen molar-refractivity contribution in [2.45, 2.75) is 76.3 Å². The molecule has 0 radical (unpaired) electrons. The largest absolute Gasteiger partial charge is 0.313 e. The topological polar surface area (TPSA) is 12.0 Å². The molecule has 6 atom stereocenters. The molecule has 0 spiro atoms. The molecule has 3 heteroatoms. The van der Waals surface area contributed by atoms with Crippen LogP contribution in [0.15, 0.2) is 0 Å². The van der Waals surface area contributed by atoms with Crippen LogP contribution in [0, 0.1) is 17.8 Å². The summed E-state index contributed by atoms with van der Waals surface area (Å²) in [6.07, 6.45) is 6.94. The highest BCUT2D eigenvalue weighted by atomic mass is 32.2. The molecule has 0 aromatic heterocycles. The summed E-state index contributed by atoms with van der Waals surface area (Å²) < 4.78 is 0. The van der Waals surface area contributed by atoms with E-state index in [0.717, 1.165) is 34.3 Å². The van der Waals surface area contributed by atoms with Crippen LogP contribution in [0.3, 0.4) is 0 Å². The van der Waals surface area contributed by atoms with Crippen molar-refractivity contribution in [1.29, 1.82) is 0 Å². The second-order valence-electron chi connectivity index (χ2n) is 7.16. The summed E-state index contributed by atoms with van der Waals surface area (Å²) in [5, 5.41) is 5.68. The molecule has 2 aliphatic rings. The summed E-state index contributed by atoms with van der Waals surface area (Å²) in [7, 11) is 0. The summed E-state index contributed by atoms with van der Waals surface area (Å²) in [6.45, 7) is 10.8. The molecule has 2 fully saturated rings. The zero-order chi connectivity index (χ0) is 15.2. The molecule has 21 heavy (non-hydrogen) atoms. The molecule has 2 rings (SSSR count). The molecule has 0 aromatic rings. The summed E-state index contributed by atoms with van der Waals surface area (Å²) in [5.74, 6) is 5.47. The van der Waals surface area contributed by atoms with Crippen LogP contribution in [0.1, 0.15) is 59.8 Å². The molecule has 1 aliphatic carbocycles. The fraction of sp³-hybridized carbons (Fsp3) is 1.00. The van der Waals surface area contributed by atoms with Crippen molar-refractivity contribution in [3.05, 3.63) is 0 Å². The van der Waals surface area contributed by atoms with Gasteiger partial charge in [0.05, 0.1) is 0 Å². The predicted molar refractivity (Wildman–Crippen MR) is 101 cm³/mol. The van der Waals surface area contributed by atoms with Crippen molar-refractivity contribution >= 4 is 23.5 Å². The van der Waals surface area contributed by atoms with Crippen molar-refractivity contribution in [2.75, 3.05) is 18.1 Å². The molecule has 0 bridgehead atoms. The van der Waals surface area contributed by atoms with E-state index in [1.807, 2.05) is 0 Å². The lowest BCUT2D eigenvalue weighted by Crippen LogP contribution is -2.51.